The van der Waals surface area contributed by atoms with E-state index >= 15 is 0 Å². The van der Waals surface area contributed by atoms with E-state index in [4.69, 9.17) is 55.9 Å². The van der Waals surface area contributed by atoms with Crippen LogP contribution < -0.4 is 14.4 Å². The maximum atomic E-state index is 14.5. The highest BCUT2D eigenvalue weighted by Gasteiger charge is 2.58. The lowest BCUT2D eigenvalue weighted by Crippen LogP contribution is -2.67. The van der Waals surface area contributed by atoms with Crippen LogP contribution >= 0.6 is 46.4 Å². The molecule has 0 aliphatic carbocycles. The number of rotatable bonds is 3. The predicted molar refractivity (Wildman–Crippen MR) is 135 cm³/mol. The number of hydrogen-bond donors (Lipinski definition) is 0. The number of carbonyl (C=O) groups excluding carboxylic acids is 3. The van der Waals surface area contributed by atoms with E-state index in [1.807, 2.05) is 0 Å². The number of aryl methyl sites for hydroxylation is 1. The number of ether oxygens (including phenoxy) is 2. The number of amides is 3. The monoisotopic (exact) mass is 580 g/mol. The molecule has 1 saturated heterocycles. The Morgan fingerprint density at radius 2 is 1.41 bits per heavy atom. The molecule has 1 fully saturated rings. The van der Waals surface area contributed by atoms with Crippen LogP contribution in [0.5, 0.6) is 11.5 Å². The molecule has 3 aromatic rings. The molecule has 7 nitrogen and oxygen atoms in total. The number of anilines is 1. The van der Waals surface area contributed by atoms with Crippen molar-refractivity contribution in [2.45, 2.75) is 19.0 Å². The van der Waals surface area contributed by atoms with Gasteiger partial charge in [-0.1, -0.05) is 58.5 Å². The second-order valence-corrected chi connectivity index (χ2v) is 10.1. The number of benzene rings is 3. The molecule has 6 rings (SSSR count). The number of fused-ring (bicyclic) bond motifs is 2. The van der Waals surface area contributed by atoms with Gasteiger partial charge in [0.2, 0.25) is 6.79 Å². The molecule has 0 spiro atoms. The van der Waals surface area contributed by atoms with E-state index < -0.39 is 35.6 Å². The van der Waals surface area contributed by atoms with Crippen LogP contribution in [0.15, 0.2) is 36.4 Å². The molecule has 188 valence electrons. The molecule has 0 unspecified atom stereocenters. The van der Waals surface area contributed by atoms with Crippen LogP contribution in [0.3, 0.4) is 0 Å². The number of β-lactam (4-membered cyclic amide) rings is 1. The number of imide groups is 1. The molecule has 12 heteroatoms. The van der Waals surface area contributed by atoms with Gasteiger partial charge in [-0.3, -0.25) is 19.3 Å². The lowest BCUT2D eigenvalue weighted by molar-refractivity contribution is -0.130. The fourth-order valence-electron chi connectivity index (χ4n) is 4.79. The Hall–Kier alpha value is -3.04. The molecule has 0 aromatic heterocycles. The molecule has 3 heterocycles. The summed E-state index contributed by atoms with van der Waals surface area (Å²) in [5, 5.41) is -0.843. The first-order valence-electron chi connectivity index (χ1n) is 10.8. The largest absolute Gasteiger partial charge is 0.454 e. The fraction of sp³-hybridized carbons (Fsp3) is 0.160. The standard InChI is InChI=1S/C25H13Cl4FN2O5/c1-9-2-4-11(7-12(9)30)31-21(10-3-5-13-14(6-10)37-8-36-13)22(25(31)35)32-23(33)15-16(24(32)34)18(27)20(29)19(28)17(15)26/h2-7,21-22H,8H2,1H3/t21-,22-/m0/s1. The molecule has 0 radical (unpaired) electrons. The van der Waals surface area contributed by atoms with E-state index in [0.717, 1.165) is 4.90 Å². The Labute approximate surface area is 229 Å². The van der Waals surface area contributed by atoms with E-state index in [2.05, 4.69) is 0 Å². The van der Waals surface area contributed by atoms with Gasteiger partial charge in [-0.05, 0) is 42.3 Å². The van der Waals surface area contributed by atoms with Gasteiger partial charge in [-0.15, -0.1) is 0 Å². The predicted octanol–water partition coefficient (Wildman–Crippen LogP) is 6.23. The van der Waals surface area contributed by atoms with Crippen molar-refractivity contribution in [3.8, 4) is 11.5 Å². The highest BCUT2D eigenvalue weighted by Crippen LogP contribution is 2.50. The van der Waals surface area contributed by atoms with Gasteiger partial charge in [-0.25, -0.2) is 4.39 Å². The summed E-state index contributed by atoms with van der Waals surface area (Å²) in [6, 6.07) is 7.16. The summed E-state index contributed by atoms with van der Waals surface area (Å²) in [4.78, 5) is 42.7. The Bertz CT molecular complexity index is 1530. The van der Waals surface area contributed by atoms with Gasteiger partial charge < -0.3 is 14.4 Å². The zero-order valence-corrected chi connectivity index (χ0v) is 21.7. The fourth-order valence-corrected chi connectivity index (χ4v) is 5.81. The molecule has 3 aliphatic heterocycles. The zero-order valence-electron chi connectivity index (χ0n) is 18.7. The van der Waals surface area contributed by atoms with Crippen LogP contribution in [0.2, 0.25) is 20.1 Å². The first-order valence-corrected chi connectivity index (χ1v) is 12.4. The van der Waals surface area contributed by atoms with Gasteiger partial charge in [0.05, 0.1) is 37.3 Å². The molecule has 0 N–H and O–H groups in total. The first kappa shape index (κ1) is 24.3. The quantitative estimate of drug-likeness (QED) is 0.159. The van der Waals surface area contributed by atoms with Crippen LogP contribution in [0.1, 0.15) is 37.9 Å². The van der Waals surface area contributed by atoms with E-state index in [-0.39, 0.29) is 43.7 Å². The highest BCUT2D eigenvalue weighted by atomic mass is 35.5. The van der Waals surface area contributed by atoms with Gasteiger partial charge >= 0.3 is 0 Å². The molecular formula is C25H13Cl4FN2O5. The van der Waals surface area contributed by atoms with Crippen molar-refractivity contribution in [2.75, 3.05) is 11.7 Å². The summed E-state index contributed by atoms with van der Waals surface area (Å²) in [5.41, 5.74) is 0.711. The Morgan fingerprint density at radius 3 is 2.03 bits per heavy atom. The van der Waals surface area contributed by atoms with Crippen molar-refractivity contribution in [3.63, 3.8) is 0 Å². The average molecular weight is 582 g/mol. The number of nitrogens with zero attached hydrogens (tertiary/aromatic N) is 2. The van der Waals surface area contributed by atoms with Gasteiger partial charge in [-0.2, -0.15) is 0 Å². The van der Waals surface area contributed by atoms with E-state index in [1.165, 1.54) is 17.0 Å². The van der Waals surface area contributed by atoms with Crippen LogP contribution in [0.4, 0.5) is 10.1 Å². The smallest absolute Gasteiger partial charge is 0.264 e. The van der Waals surface area contributed by atoms with Gasteiger partial charge in [0.1, 0.15) is 11.9 Å². The number of carbonyl (C=O) groups is 3. The molecule has 3 amide bonds. The van der Waals surface area contributed by atoms with Gasteiger partial charge in [0.15, 0.2) is 11.5 Å². The number of halogens is 5. The van der Waals surface area contributed by atoms with Crippen LogP contribution in [-0.4, -0.2) is 35.5 Å². The summed E-state index contributed by atoms with van der Waals surface area (Å²) in [6.45, 7) is 1.62. The summed E-state index contributed by atoms with van der Waals surface area (Å²) < 4.78 is 25.3. The lowest BCUT2D eigenvalue weighted by atomic mass is 9.86. The summed E-state index contributed by atoms with van der Waals surface area (Å²) in [5.74, 6) is -1.87. The summed E-state index contributed by atoms with van der Waals surface area (Å²) in [6.07, 6.45) is 0. The third-order valence-corrected chi connectivity index (χ3v) is 8.45. The van der Waals surface area contributed by atoms with Crippen molar-refractivity contribution in [1.82, 2.24) is 4.90 Å². The molecular weight excluding hydrogens is 569 g/mol. The maximum Gasteiger partial charge on any atom is 0.264 e. The third-order valence-electron chi connectivity index (χ3n) is 6.65. The maximum absolute atomic E-state index is 14.5. The van der Waals surface area contributed by atoms with Crippen molar-refractivity contribution in [1.29, 1.82) is 0 Å². The van der Waals surface area contributed by atoms with E-state index in [0.29, 0.717) is 22.6 Å². The van der Waals surface area contributed by atoms with Crippen LogP contribution in [0, 0.1) is 12.7 Å². The molecule has 3 aliphatic rings. The van der Waals surface area contributed by atoms with Crippen LogP contribution in [0.25, 0.3) is 0 Å². The average Bonchev–Trinajstić information content (AvgIpc) is 3.44. The Balaban J connectivity index is 1.48. The normalized spacial score (nSPS) is 20.0. The number of hydrogen-bond acceptors (Lipinski definition) is 5. The molecule has 3 aromatic carbocycles. The second-order valence-electron chi connectivity index (χ2n) is 8.63. The van der Waals surface area contributed by atoms with Crippen molar-refractivity contribution < 1.29 is 28.2 Å². The molecule has 37 heavy (non-hydrogen) atoms. The highest BCUT2D eigenvalue weighted by molar-refractivity contribution is 6.55. The second kappa shape index (κ2) is 8.49. The molecule has 0 saturated carbocycles. The first-order chi connectivity index (χ1) is 17.6. The summed E-state index contributed by atoms with van der Waals surface area (Å²) in [7, 11) is 0. The third kappa shape index (κ3) is 3.36. The SMILES string of the molecule is Cc1ccc(N2C(=O)[C@@H](N3C(=O)c4c(Cl)c(Cl)c(Cl)c(Cl)c4C3=O)[C@@H]2c2ccc3c(c2)OCO3)cc1F. The van der Waals surface area contributed by atoms with E-state index in [1.54, 1.807) is 31.2 Å². The van der Waals surface area contributed by atoms with Crippen molar-refractivity contribution in [3.05, 3.63) is 84.6 Å². The minimum absolute atomic E-state index is 0.0234. The van der Waals surface area contributed by atoms with Gasteiger partial charge in [0, 0.05) is 5.69 Å². The minimum Gasteiger partial charge on any atom is -0.454 e. The van der Waals surface area contributed by atoms with Gasteiger partial charge in [0.25, 0.3) is 17.7 Å². The topological polar surface area (TPSA) is 76.2 Å². The van der Waals surface area contributed by atoms with Crippen molar-refractivity contribution >= 4 is 69.8 Å². The Morgan fingerprint density at radius 1 is 0.784 bits per heavy atom. The lowest BCUT2D eigenvalue weighted by Gasteiger charge is -2.49. The van der Waals surface area contributed by atoms with Crippen molar-refractivity contribution in [2.24, 2.45) is 0 Å². The minimum atomic E-state index is -1.29. The summed E-state index contributed by atoms with van der Waals surface area (Å²) >= 11 is 24.8. The zero-order chi connectivity index (χ0) is 26.3. The molecule has 0 bridgehead atoms. The van der Waals surface area contributed by atoms with E-state index in [9.17, 15) is 18.8 Å². The van der Waals surface area contributed by atoms with Crippen LogP contribution in [-0.2, 0) is 4.79 Å². The Kier molecular flexibility index (Phi) is 5.58. The molecule has 2 atom stereocenters.